The Balaban J connectivity index is 1.81. The van der Waals surface area contributed by atoms with Gasteiger partial charge in [0.2, 0.25) is 11.8 Å². The molecule has 0 N–H and O–H groups in total. The normalized spacial score (nSPS) is 24.9. The van der Waals surface area contributed by atoms with Crippen molar-refractivity contribution in [3.05, 3.63) is 24.3 Å². The summed E-state index contributed by atoms with van der Waals surface area (Å²) in [6, 6.07) is 8.09. The first kappa shape index (κ1) is 14.4. The lowest BCUT2D eigenvalue weighted by Gasteiger charge is -2.34. The van der Waals surface area contributed by atoms with Gasteiger partial charge in [-0.1, -0.05) is 19.1 Å². The van der Waals surface area contributed by atoms with E-state index in [-0.39, 0.29) is 17.7 Å². The van der Waals surface area contributed by atoms with Gasteiger partial charge < -0.3 is 9.80 Å². The Kier molecular flexibility index (Phi) is 3.93. The summed E-state index contributed by atoms with van der Waals surface area (Å²) >= 11 is 1.82. The van der Waals surface area contributed by atoms with Crippen molar-refractivity contribution in [2.45, 2.75) is 30.4 Å². The highest BCUT2D eigenvalue weighted by Crippen LogP contribution is 2.39. The van der Waals surface area contributed by atoms with Crippen LogP contribution >= 0.6 is 11.8 Å². The highest BCUT2D eigenvalue weighted by molar-refractivity contribution is 8.00. The first-order valence-electron chi connectivity index (χ1n) is 7.39. The molecule has 0 aromatic heterocycles. The predicted molar refractivity (Wildman–Crippen MR) is 84.5 cm³/mol. The van der Waals surface area contributed by atoms with Gasteiger partial charge in [0.25, 0.3) is 0 Å². The summed E-state index contributed by atoms with van der Waals surface area (Å²) in [5.74, 6) is 0.170. The number of carbonyl (C=O) groups excluding carboxylic acids is 2. The molecule has 1 fully saturated rings. The number of anilines is 1. The molecule has 0 unspecified atom stereocenters. The maximum Gasteiger partial charge on any atom is 0.232 e. The predicted octanol–water partition coefficient (Wildman–Crippen LogP) is 2.38. The minimum Gasteiger partial charge on any atom is -0.342 e. The van der Waals surface area contributed by atoms with Crippen LogP contribution in [0.25, 0.3) is 0 Å². The Bertz CT molecular complexity index is 575. The lowest BCUT2D eigenvalue weighted by Crippen LogP contribution is -2.43. The third-order valence-corrected chi connectivity index (χ3v) is 5.32. The average molecular weight is 304 g/mol. The molecule has 1 aromatic rings. The van der Waals surface area contributed by atoms with Crippen LogP contribution in [0.15, 0.2) is 29.2 Å². The standard InChI is InChI=1S/C16H20N2O2S/c1-11-9-18(14-5-3-4-6-15(14)21-11)16(20)13-7-8-17(10-13)12(2)19/h3-6,11,13H,7-10H2,1-2H3/t11-,13-/m1/s1. The number of para-hydroxylation sites is 1. The summed E-state index contributed by atoms with van der Waals surface area (Å²) in [5, 5.41) is 0.397. The first-order chi connectivity index (χ1) is 10.1. The molecular weight excluding hydrogens is 284 g/mol. The number of amides is 2. The van der Waals surface area contributed by atoms with Crippen molar-refractivity contribution in [1.29, 1.82) is 0 Å². The molecule has 0 bridgehead atoms. The van der Waals surface area contributed by atoms with Gasteiger partial charge in [-0.15, -0.1) is 11.8 Å². The van der Waals surface area contributed by atoms with Crippen LogP contribution in [-0.4, -0.2) is 41.6 Å². The molecule has 5 heteroatoms. The second kappa shape index (κ2) is 5.72. The fourth-order valence-electron chi connectivity index (χ4n) is 3.07. The third kappa shape index (κ3) is 2.79. The molecule has 21 heavy (non-hydrogen) atoms. The molecule has 0 aliphatic carbocycles. The van der Waals surface area contributed by atoms with Crippen molar-refractivity contribution in [3.63, 3.8) is 0 Å². The fourth-order valence-corrected chi connectivity index (χ4v) is 4.18. The van der Waals surface area contributed by atoms with Gasteiger partial charge in [-0.05, 0) is 18.6 Å². The molecule has 0 radical (unpaired) electrons. The average Bonchev–Trinajstić information content (AvgIpc) is 2.95. The van der Waals surface area contributed by atoms with Crippen LogP contribution < -0.4 is 4.90 Å². The smallest absolute Gasteiger partial charge is 0.232 e. The van der Waals surface area contributed by atoms with Gasteiger partial charge in [-0.2, -0.15) is 0 Å². The SMILES string of the molecule is CC(=O)N1CC[C@@H](C(=O)N2C[C@@H](C)Sc3ccccc32)C1. The molecule has 4 nitrogen and oxygen atoms in total. The van der Waals surface area contributed by atoms with Gasteiger partial charge in [0, 0.05) is 36.7 Å². The number of likely N-dealkylation sites (tertiary alicyclic amines) is 1. The topological polar surface area (TPSA) is 40.6 Å². The summed E-state index contributed by atoms with van der Waals surface area (Å²) in [7, 11) is 0. The number of benzene rings is 1. The van der Waals surface area contributed by atoms with E-state index < -0.39 is 0 Å². The Morgan fingerprint density at radius 3 is 2.71 bits per heavy atom. The molecule has 1 aromatic carbocycles. The van der Waals surface area contributed by atoms with Gasteiger partial charge in [-0.3, -0.25) is 9.59 Å². The number of nitrogens with zero attached hydrogens (tertiary/aromatic N) is 2. The molecule has 2 aliphatic heterocycles. The van der Waals surface area contributed by atoms with Gasteiger partial charge >= 0.3 is 0 Å². The quantitative estimate of drug-likeness (QED) is 0.800. The summed E-state index contributed by atoms with van der Waals surface area (Å²) in [5.41, 5.74) is 1.02. The summed E-state index contributed by atoms with van der Waals surface area (Å²) < 4.78 is 0. The lowest BCUT2D eigenvalue weighted by atomic mass is 10.1. The van der Waals surface area contributed by atoms with Crippen molar-refractivity contribution in [2.24, 2.45) is 5.92 Å². The minimum atomic E-state index is -0.0581. The van der Waals surface area contributed by atoms with E-state index in [0.717, 1.165) is 18.7 Å². The second-order valence-corrected chi connectivity index (χ2v) is 7.28. The first-order valence-corrected chi connectivity index (χ1v) is 8.27. The molecular formula is C16H20N2O2S. The number of thioether (sulfide) groups is 1. The molecule has 2 atom stereocenters. The molecule has 1 saturated heterocycles. The Morgan fingerprint density at radius 1 is 1.24 bits per heavy atom. The number of hydrogen-bond acceptors (Lipinski definition) is 3. The highest BCUT2D eigenvalue weighted by atomic mass is 32.2. The van der Waals surface area contributed by atoms with Gasteiger partial charge in [0.15, 0.2) is 0 Å². The Hall–Kier alpha value is -1.49. The molecule has 3 rings (SSSR count). The van der Waals surface area contributed by atoms with Crippen molar-refractivity contribution in [1.82, 2.24) is 4.90 Å². The van der Waals surface area contributed by atoms with Gasteiger partial charge in [-0.25, -0.2) is 0 Å². The van der Waals surface area contributed by atoms with E-state index in [2.05, 4.69) is 13.0 Å². The van der Waals surface area contributed by atoms with Crippen LogP contribution in [0.3, 0.4) is 0 Å². The highest BCUT2D eigenvalue weighted by Gasteiger charge is 2.35. The molecule has 2 heterocycles. The van der Waals surface area contributed by atoms with Crippen LogP contribution in [0.4, 0.5) is 5.69 Å². The van der Waals surface area contributed by atoms with Gasteiger partial charge in [0.05, 0.1) is 11.6 Å². The Labute approximate surface area is 129 Å². The minimum absolute atomic E-state index is 0.0581. The van der Waals surface area contributed by atoms with Gasteiger partial charge in [0.1, 0.15) is 0 Å². The molecule has 2 amide bonds. The number of rotatable bonds is 1. The number of hydrogen-bond donors (Lipinski definition) is 0. The van der Waals surface area contributed by atoms with E-state index in [0.29, 0.717) is 18.3 Å². The van der Waals surface area contributed by atoms with Crippen LogP contribution in [0.1, 0.15) is 20.3 Å². The monoisotopic (exact) mass is 304 g/mol. The van der Waals surface area contributed by atoms with E-state index in [1.54, 1.807) is 11.8 Å². The lowest BCUT2D eigenvalue weighted by molar-refractivity contribution is -0.128. The fraction of sp³-hybridized carbons (Fsp3) is 0.500. The van der Waals surface area contributed by atoms with E-state index in [4.69, 9.17) is 0 Å². The number of fused-ring (bicyclic) bond motifs is 1. The zero-order chi connectivity index (χ0) is 15.0. The number of carbonyl (C=O) groups is 2. The maximum atomic E-state index is 12.9. The maximum absolute atomic E-state index is 12.9. The largest absolute Gasteiger partial charge is 0.342 e. The van der Waals surface area contributed by atoms with Crippen LogP contribution in [0, 0.1) is 5.92 Å². The molecule has 112 valence electrons. The van der Waals surface area contributed by atoms with Crippen molar-refractivity contribution >= 4 is 29.3 Å². The Morgan fingerprint density at radius 2 is 2.00 bits per heavy atom. The third-order valence-electron chi connectivity index (χ3n) is 4.17. The molecule has 2 aliphatic rings. The van der Waals surface area contributed by atoms with Crippen molar-refractivity contribution < 1.29 is 9.59 Å². The van der Waals surface area contributed by atoms with E-state index in [9.17, 15) is 9.59 Å². The van der Waals surface area contributed by atoms with E-state index in [1.807, 2.05) is 34.9 Å². The zero-order valence-corrected chi connectivity index (χ0v) is 13.2. The van der Waals surface area contributed by atoms with Crippen molar-refractivity contribution in [2.75, 3.05) is 24.5 Å². The van der Waals surface area contributed by atoms with Crippen LogP contribution in [0.2, 0.25) is 0 Å². The molecule has 0 spiro atoms. The van der Waals surface area contributed by atoms with Crippen LogP contribution in [-0.2, 0) is 9.59 Å². The second-order valence-electron chi connectivity index (χ2n) is 5.80. The zero-order valence-electron chi connectivity index (χ0n) is 12.4. The van der Waals surface area contributed by atoms with E-state index in [1.165, 1.54) is 4.90 Å². The van der Waals surface area contributed by atoms with E-state index >= 15 is 0 Å². The summed E-state index contributed by atoms with van der Waals surface area (Å²) in [6.07, 6.45) is 0.776. The van der Waals surface area contributed by atoms with Crippen LogP contribution in [0.5, 0.6) is 0 Å². The van der Waals surface area contributed by atoms with Crippen molar-refractivity contribution in [3.8, 4) is 0 Å². The summed E-state index contributed by atoms with van der Waals surface area (Å²) in [4.78, 5) is 29.2. The molecule has 0 saturated carbocycles. The summed E-state index contributed by atoms with van der Waals surface area (Å²) in [6.45, 7) is 5.73.